The van der Waals surface area contributed by atoms with Crippen molar-refractivity contribution in [3.63, 3.8) is 0 Å². The number of nitrogens with one attached hydrogen (secondary N) is 2. The molecule has 0 saturated heterocycles. The molecule has 0 aromatic heterocycles. The fourth-order valence-corrected chi connectivity index (χ4v) is 2.99. The highest BCUT2D eigenvalue weighted by Crippen LogP contribution is 2.26. The molecule has 28 heavy (non-hydrogen) atoms. The van der Waals surface area contributed by atoms with Crippen LogP contribution in [0, 0.1) is 0 Å². The Bertz CT molecular complexity index is 613. The number of methoxy groups -OCH3 is 1. The topological polar surface area (TPSA) is 75.2 Å². The largest absolute Gasteiger partial charge is 0.382 e. The third kappa shape index (κ3) is 8.32. The number of hydrogen-bond acceptors (Lipinski definition) is 4. The summed E-state index contributed by atoms with van der Waals surface area (Å²) in [6, 6.07) is 8.12. The number of carbonyl (C=O) groups excluding carboxylic acids is 1. The number of guanidine groups is 1. The average molecular weight is 504 g/mol. The molecule has 2 rings (SSSR count). The molecule has 0 bridgehead atoms. The van der Waals surface area contributed by atoms with Gasteiger partial charge >= 0.3 is 0 Å². The molecule has 8 heteroatoms. The first-order valence-corrected chi connectivity index (χ1v) is 9.73. The molecule has 1 aliphatic rings. The third-order valence-corrected chi connectivity index (χ3v) is 4.32. The van der Waals surface area contributed by atoms with Crippen molar-refractivity contribution >= 4 is 41.5 Å². The second kappa shape index (κ2) is 14.6. The molecular formula is C20H33IN4O3. The van der Waals surface area contributed by atoms with Crippen molar-refractivity contribution in [3.8, 4) is 0 Å². The van der Waals surface area contributed by atoms with Gasteiger partial charge in [-0.05, 0) is 37.8 Å². The van der Waals surface area contributed by atoms with Crippen LogP contribution in [0.25, 0.3) is 0 Å². The molecule has 2 N–H and O–H groups in total. The summed E-state index contributed by atoms with van der Waals surface area (Å²) < 4.78 is 10.4. The maximum Gasteiger partial charge on any atom is 0.248 e. The molecule has 0 aliphatic carbocycles. The Morgan fingerprint density at radius 1 is 1.21 bits per heavy atom. The quantitative estimate of drug-likeness (QED) is 0.221. The molecule has 0 unspecified atom stereocenters. The van der Waals surface area contributed by atoms with Gasteiger partial charge in [-0.15, -0.1) is 24.0 Å². The van der Waals surface area contributed by atoms with Gasteiger partial charge in [0.1, 0.15) is 6.54 Å². The number of hydrogen-bond donors (Lipinski definition) is 2. The first-order valence-electron chi connectivity index (χ1n) is 9.73. The van der Waals surface area contributed by atoms with Crippen molar-refractivity contribution < 1.29 is 14.3 Å². The van der Waals surface area contributed by atoms with Crippen LogP contribution in [-0.4, -0.2) is 65.0 Å². The lowest BCUT2D eigenvalue weighted by atomic mass is 10.0. The van der Waals surface area contributed by atoms with E-state index >= 15 is 0 Å². The first-order chi connectivity index (χ1) is 13.3. The van der Waals surface area contributed by atoms with E-state index in [1.54, 1.807) is 7.11 Å². The van der Waals surface area contributed by atoms with Crippen molar-refractivity contribution in [3.05, 3.63) is 29.8 Å². The number of aryl methyl sites for hydroxylation is 1. The van der Waals surface area contributed by atoms with Gasteiger partial charge in [0.15, 0.2) is 5.96 Å². The number of ether oxygens (including phenoxy) is 2. The van der Waals surface area contributed by atoms with Gasteiger partial charge in [-0.25, -0.2) is 4.99 Å². The second-order valence-corrected chi connectivity index (χ2v) is 6.36. The van der Waals surface area contributed by atoms with Crippen molar-refractivity contribution in [2.24, 2.45) is 4.99 Å². The number of nitrogens with zero attached hydrogens (tertiary/aromatic N) is 2. The SMILES string of the molecule is CCNC(=NCC(=O)N1CCCc2ccccc21)NCCCOCCOC.I. The van der Waals surface area contributed by atoms with Crippen LogP contribution in [0.5, 0.6) is 0 Å². The Morgan fingerprint density at radius 2 is 2.04 bits per heavy atom. The number of para-hydroxylation sites is 1. The Labute approximate surface area is 185 Å². The van der Waals surface area contributed by atoms with E-state index in [2.05, 4.69) is 21.7 Å². The summed E-state index contributed by atoms with van der Waals surface area (Å²) in [5.41, 5.74) is 2.26. The number of fused-ring (bicyclic) bond motifs is 1. The van der Waals surface area contributed by atoms with Gasteiger partial charge in [-0.2, -0.15) is 0 Å². The van der Waals surface area contributed by atoms with Crippen LogP contribution < -0.4 is 15.5 Å². The maximum atomic E-state index is 12.7. The van der Waals surface area contributed by atoms with Crippen molar-refractivity contribution in [2.45, 2.75) is 26.2 Å². The number of rotatable bonds is 10. The number of anilines is 1. The van der Waals surface area contributed by atoms with Crippen LogP contribution >= 0.6 is 24.0 Å². The summed E-state index contributed by atoms with van der Waals surface area (Å²) in [4.78, 5) is 19.0. The predicted octanol–water partition coefficient (Wildman–Crippen LogP) is 2.19. The molecule has 0 radical (unpaired) electrons. The normalized spacial score (nSPS) is 13.5. The van der Waals surface area contributed by atoms with E-state index in [4.69, 9.17) is 9.47 Å². The molecule has 1 amide bonds. The predicted molar refractivity (Wildman–Crippen MR) is 124 cm³/mol. The van der Waals surface area contributed by atoms with E-state index < -0.39 is 0 Å². The van der Waals surface area contributed by atoms with Crippen LogP contribution in [0.4, 0.5) is 5.69 Å². The minimum atomic E-state index is 0. The average Bonchev–Trinajstić information content (AvgIpc) is 2.70. The number of aliphatic imine (C=N–C) groups is 1. The molecule has 1 aliphatic heterocycles. The lowest BCUT2D eigenvalue weighted by molar-refractivity contribution is -0.117. The zero-order valence-electron chi connectivity index (χ0n) is 16.9. The molecule has 7 nitrogen and oxygen atoms in total. The number of benzene rings is 1. The first kappa shape index (κ1) is 24.6. The molecule has 158 valence electrons. The Balaban J connectivity index is 0.00000392. The zero-order valence-corrected chi connectivity index (χ0v) is 19.2. The van der Waals surface area contributed by atoms with Gasteiger partial charge < -0.3 is 25.0 Å². The van der Waals surface area contributed by atoms with Crippen LogP contribution in [0.3, 0.4) is 0 Å². The Kier molecular flexibility index (Phi) is 12.8. The molecule has 0 atom stereocenters. The van der Waals surface area contributed by atoms with Crippen molar-refractivity contribution in [1.29, 1.82) is 0 Å². The van der Waals surface area contributed by atoms with Crippen LogP contribution in [0.2, 0.25) is 0 Å². The van der Waals surface area contributed by atoms with Crippen molar-refractivity contribution in [1.82, 2.24) is 10.6 Å². The lowest BCUT2D eigenvalue weighted by Gasteiger charge is -2.29. The van der Waals surface area contributed by atoms with Gasteiger partial charge in [0.25, 0.3) is 0 Å². The summed E-state index contributed by atoms with van der Waals surface area (Å²) in [5, 5.41) is 6.42. The Hall–Kier alpha value is -1.39. The molecule has 0 spiro atoms. The van der Waals surface area contributed by atoms with Gasteiger partial charge in [0.05, 0.1) is 13.2 Å². The third-order valence-electron chi connectivity index (χ3n) is 4.32. The highest BCUT2D eigenvalue weighted by atomic mass is 127. The van der Waals surface area contributed by atoms with Gasteiger partial charge in [-0.3, -0.25) is 4.79 Å². The fourth-order valence-electron chi connectivity index (χ4n) is 2.99. The van der Waals surface area contributed by atoms with E-state index in [0.717, 1.165) is 44.6 Å². The summed E-state index contributed by atoms with van der Waals surface area (Å²) >= 11 is 0. The molecule has 1 aromatic rings. The molecule has 0 saturated carbocycles. The standard InChI is InChI=1S/C20H32N4O3.HI/c1-3-21-20(22-11-7-13-27-15-14-26-2)23-16-19(25)24-12-6-9-17-8-4-5-10-18(17)24;/h4-5,8,10H,3,6-7,9,11-16H2,1-2H3,(H2,21,22,23);1H. The van der Waals surface area contributed by atoms with Gasteiger partial charge in [-0.1, -0.05) is 18.2 Å². The molecule has 1 aromatic carbocycles. The Morgan fingerprint density at radius 3 is 2.82 bits per heavy atom. The minimum absolute atomic E-state index is 0. The fraction of sp³-hybridized carbons (Fsp3) is 0.600. The van der Waals surface area contributed by atoms with E-state index in [-0.39, 0.29) is 36.4 Å². The summed E-state index contributed by atoms with van der Waals surface area (Å²) in [7, 11) is 1.66. The van der Waals surface area contributed by atoms with Gasteiger partial charge in [0, 0.05) is 39.0 Å². The number of halogens is 1. The van der Waals surface area contributed by atoms with E-state index in [1.807, 2.05) is 30.0 Å². The molecular weight excluding hydrogens is 471 g/mol. The number of amides is 1. The zero-order chi connectivity index (χ0) is 19.3. The highest BCUT2D eigenvalue weighted by molar-refractivity contribution is 14.0. The summed E-state index contributed by atoms with van der Waals surface area (Å²) in [5.74, 6) is 0.690. The maximum absolute atomic E-state index is 12.7. The lowest BCUT2D eigenvalue weighted by Crippen LogP contribution is -2.41. The monoisotopic (exact) mass is 504 g/mol. The highest BCUT2D eigenvalue weighted by Gasteiger charge is 2.21. The van der Waals surface area contributed by atoms with Crippen LogP contribution in [0.1, 0.15) is 25.3 Å². The second-order valence-electron chi connectivity index (χ2n) is 6.36. The number of carbonyl (C=O) groups is 1. The smallest absolute Gasteiger partial charge is 0.248 e. The van der Waals surface area contributed by atoms with E-state index in [1.165, 1.54) is 5.56 Å². The van der Waals surface area contributed by atoms with E-state index in [9.17, 15) is 4.79 Å². The van der Waals surface area contributed by atoms with Gasteiger partial charge in [0.2, 0.25) is 5.91 Å². The molecule has 0 fully saturated rings. The molecule has 1 heterocycles. The van der Waals surface area contributed by atoms with Crippen LogP contribution in [-0.2, 0) is 20.7 Å². The summed E-state index contributed by atoms with van der Waals surface area (Å²) in [6.07, 6.45) is 2.88. The minimum Gasteiger partial charge on any atom is -0.382 e. The van der Waals surface area contributed by atoms with E-state index in [0.29, 0.717) is 25.8 Å². The summed E-state index contributed by atoms with van der Waals surface area (Å²) in [6.45, 7) is 6.27. The van der Waals surface area contributed by atoms with Crippen LogP contribution in [0.15, 0.2) is 29.3 Å². The van der Waals surface area contributed by atoms with Crippen molar-refractivity contribution in [2.75, 3.05) is 58.0 Å².